The summed E-state index contributed by atoms with van der Waals surface area (Å²) in [6.45, 7) is 0.514. The zero-order chi connectivity index (χ0) is 17.9. The van der Waals surface area contributed by atoms with Crippen LogP contribution in [0, 0.1) is 0 Å². The van der Waals surface area contributed by atoms with Crippen LogP contribution in [0.25, 0.3) is 22.4 Å². The molecule has 4 rings (SSSR count). The Morgan fingerprint density at radius 3 is 2.42 bits per heavy atom. The number of hydrogen-bond acceptors (Lipinski definition) is 2. The Bertz CT molecular complexity index is 1040. The van der Waals surface area contributed by atoms with Gasteiger partial charge in [0, 0.05) is 27.4 Å². The van der Waals surface area contributed by atoms with Crippen LogP contribution < -0.4 is 0 Å². The Labute approximate surface area is 160 Å². The van der Waals surface area contributed by atoms with Crippen molar-refractivity contribution in [3.8, 4) is 28.1 Å². The molecule has 1 heterocycles. The maximum atomic E-state index is 10.8. The third kappa shape index (κ3) is 3.41. The van der Waals surface area contributed by atoms with E-state index in [1.54, 1.807) is 0 Å². The highest BCUT2D eigenvalue weighted by molar-refractivity contribution is 9.10. The number of phenolic OH excluding ortho intramolecular Hbond substituents is 1. The molecule has 128 valence electrons. The molecule has 1 aromatic heterocycles. The quantitative estimate of drug-likeness (QED) is 0.471. The molecule has 0 atom stereocenters. The number of phenols is 1. The van der Waals surface area contributed by atoms with Crippen molar-refractivity contribution in [2.75, 3.05) is 0 Å². The molecule has 0 amide bonds. The predicted molar refractivity (Wildman–Crippen MR) is 108 cm³/mol. The fourth-order valence-electron chi connectivity index (χ4n) is 3.00. The number of halogens is 1. The number of aromatic nitrogens is 2. The van der Waals surface area contributed by atoms with Crippen molar-refractivity contribution >= 4 is 15.9 Å². The van der Waals surface area contributed by atoms with Gasteiger partial charge in [-0.3, -0.25) is 4.68 Å². The average Bonchev–Trinajstić information content (AvgIpc) is 3.13. The van der Waals surface area contributed by atoms with Gasteiger partial charge in [-0.2, -0.15) is 5.10 Å². The second-order valence-electron chi connectivity index (χ2n) is 6.09. The minimum absolute atomic E-state index is 0.294. The predicted octanol–water partition coefficient (Wildman–Crippen LogP) is 5.73. The number of rotatable bonds is 4. The van der Waals surface area contributed by atoms with Crippen LogP contribution in [0.2, 0.25) is 0 Å². The second kappa shape index (κ2) is 7.18. The Morgan fingerprint density at radius 1 is 0.846 bits per heavy atom. The van der Waals surface area contributed by atoms with E-state index in [0.29, 0.717) is 12.3 Å². The first-order valence-corrected chi connectivity index (χ1v) is 9.16. The van der Waals surface area contributed by atoms with Crippen molar-refractivity contribution in [1.82, 2.24) is 9.78 Å². The standard InChI is InChI=1S/C22H17BrN2O/c23-19-10-4-8-17(14-19)20-11-5-9-18(22(20)26)15-25-13-12-21(24-25)16-6-2-1-3-7-16/h1-14,26H,15H2. The Morgan fingerprint density at radius 2 is 1.62 bits per heavy atom. The molecular weight excluding hydrogens is 388 g/mol. The Kier molecular flexibility index (Phi) is 4.59. The zero-order valence-corrected chi connectivity index (χ0v) is 15.6. The van der Waals surface area contributed by atoms with E-state index in [0.717, 1.165) is 32.4 Å². The summed E-state index contributed by atoms with van der Waals surface area (Å²) in [6.07, 6.45) is 1.94. The summed E-state index contributed by atoms with van der Waals surface area (Å²) in [5.41, 5.74) is 4.64. The molecule has 26 heavy (non-hydrogen) atoms. The van der Waals surface area contributed by atoms with Crippen molar-refractivity contribution in [1.29, 1.82) is 0 Å². The third-order valence-electron chi connectivity index (χ3n) is 4.30. The van der Waals surface area contributed by atoms with Gasteiger partial charge in [0.1, 0.15) is 5.75 Å². The second-order valence-corrected chi connectivity index (χ2v) is 7.00. The molecule has 0 unspecified atom stereocenters. The van der Waals surface area contributed by atoms with Gasteiger partial charge in [0.2, 0.25) is 0 Å². The molecule has 0 aliphatic heterocycles. The maximum absolute atomic E-state index is 10.8. The van der Waals surface area contributed by atoms with Gasteiger partial charge in [-0.15, -0.1) is 0 Å². The van der Waals surface area contributed by atoms with Crippen molar-refractivity contribution < 1.29 is 5.11 Å². The summed E-state index contributed by atoms with van der Waals surface area (Å²) < 4.78 is 2.83. The summed E-state index contributed by atoms with van der Waals surface area (Å²) in [4.78, 5) is 0. The van der Waals surface area contributed by atoms with E-state index in [9.17, 15) is 5.11 Å². The molecule has 3 aromatic carbocycles. The highest BCUT2D eigenvalue weighted by atomic mass is 79.9. The number of benzene rings is 3. The van der Waals surface area contributed by atoms with Crippen molar-refractivity contribution in [2.24, 2.45) is 0 Å². The Balaban J connectivity index is 1.64. The molecule has 1 N–H and O–H groups in total. The molecule has 4 aromatic rings. The minimum Gasteiger partial charge on any atom is -0.507 e. The lowest BCUT2D eigenvalue weighted by Crippen LogP contribution is -2.01. The van der Waals surface area contributed by atoms with Gasteiger partial charge in [-0.05, 0) is 23.8 Å². The lowest BCUT2D eigenvalue weighted by atomic mass is 10.0. The number of para-hydroxylation sites is 1. The van der Waals surface area contributed by atoms with Gasteiger partial charge in [-0.25, -0.2) is 0 Å². The summed E-state index contributed by atoms with van der Waals surface area (Å²) in [5, 5.41) is 15.4. The lowest BCUT2D eigenvalue weighted by Gasteiger charge is -2.10. The molecule has 0 aliphatic rings. The highest BCUT2D eigenvalue weighted by Gasteiger charge is 2.11. The van der Waals surface area contributed by atoms with Gasteiger partial charge in [-0.1, -0.05) is 76.6 Å². The van der Waals surface area contributed by atoms with E-state index in [1.807, 2.05) is 89.7 Å². The van der Waals surface area contributed by atoms with Crippen LogP contribution in [0.5, 0.6) is 5.75 Å². The first-order chi connectivity index (χ1) is 12.7. The van der Waals surface area contributed by atoms with Crippen LogP contribution in [-0.4, -0.2) is 14.9 Å². The Hall–Kier alpha value is -2.85. The molecule has 0 saturated heterocycles. The average molecular weight is 405 g/mol. The monoisotopic (exact) mass is 404 g/mol. The van der Waals surface area contributed by atoms with Gasteiger partial charge in [0.25, 0.3) is 0 Å². The molecule has 0 radical (unpaired) electrons. The highest BCUT2D eigenvalue weighted by Crippen LogP contribution is 2.33. The van der Waals surface area contributed by atoms with E-state index in [-0.39, 0.29) is 0 Å². The zero-order valence-electron chi connectivity index (χ0n) is 14.0. The summed E-state index contributed by atoms with van der Waals surface area (Å²) in [6, 6.07) is 25.8. The van der Waals surface area contributed by atoms with Crippen LogP contribution in [-0.2, 0) is 6.54 Å². The fraction of sp³-hybridized carbons (Fsp3) is 0.0455. The normalized spacial score (nSPS) is 10.8. The molecule has 4 heteroatoms. The topological polar surface area (TPSA) is 38.0 Å². The van der Waals surface area contributed by atoms with Crippen LogP contribution >= 0.6 is 15.9 Å². The third-order valence-corrected chi connectivity index (χ3v) is 4.79. The first kappa shape index (κ1) is 16.6. The maximum Gasteiger partial charge on any atom is 0.128 e. The van der Waals surface area contributed by atoms with Gasteiger partial charge in [0.15, 0.2) is 0 Å². The van der Waals surface area contributed by atoms with E-state index in [2.05, 4.69) is 21.0 Å². The molecule has 0 bridgehead atoms. The smallest absolute Gasteiger partial charge is 0.128 e. The van der Waals surface area contributed by atoms with E-state index >= 15 is 0 Å². The largest absolute Gasteiger partial charge is 0.507 e. The molecule has 3 nitrogen and oxygen atoms in total. The summed E-state index contributed by atoms with van der Waals surface area (Å²) >= 11 is 3.49. The molecule has 0 spiro atoms. The number of hydrogen-bond donors (Lipinski definition) is 1. The summed E-state index contributed by atoms with van der Waals surface area (Å²) in [5.74, 6) is 0.294. The van der Waals surface area contributed by atoms with E-state index < -0.39 is 0 Å². The number of nitrogens with zero attached hydrogens (tertiary/aromatic N) is 2. The van der Waals surface area contributed by atoms with Gasteiger partial charge < -0.3 is 5.11 Å². The van der Waals surface area contributed by atoms with Crippen molar-refractivity contribution in [3.05, 3.63) is 95.1 Å². The summed E-state index contributed by atoms with van der Waals surface area (Å²) in [7, 11) is 0. The van der Waals surface area contributed by atoms with Gasteiger partial charge >= 0.3 is 0 Å². The van der Waals surface area contributed by atoms with E-state index in [4.69, 9.17) is 0 Å². The number of aromatic hydroxyl groups is 1. The minimum atomic E-state index is 0.294. The van der Waals surface area contributed by atoms with E-state index in [1.165, 1.54) is 0 Å². The van der Waals surface area contributed by atoms with Crippen LogP contribution in [0.15, 0.2) is 89.5 Å². The molecule has 0 fully saturated rings. The van der Waals surface area contributed by atoms with Crippen LogP contribution in [0.3, 0.4) is 0 Å². The van der Waals surface area contributed by atoms with Crippen molar-refractivity contribution in [2.45, 2.75) is 6.54 Å². The first-order valence-electron chi connectivity index (χ1n) is 8.36. The molecule has 0 saturated carbocycles. The van der Waals surface area contributed by atoms with Crippen LogP contribution in [0.1, 0.15) is 5.56 Å². The SMILES string of the molecule is Oc1c(Cn2ccc(-c3ccccc3)n2)cccc1-c1cccc(Br)c1. The molecule has 0 aliphatic carbocycles. The van der Waals surface area contributed by atoms with Crippen LogP contribution in [0.4, 0.5) is 0 Å². The van der Waals surface area contributed by atoms with Gasteiger partial charge in [0.05, 0.1) is 12.2 Å². The van der Waals surface area contributed by atoms with Crippen molar-refractivity contribution in [3.63, 3.8) is 0 Å². The fourth-order valence-corrected chi connectivity index (χ4v) is 3.39. The molecular formula is C22H17BrN2O. The lowest BCUT2D eigenvalue weighted by molar-refractivity contribution is 0.466.